The Morgan fingerprint density at radius 2 is 2.03 bits per heavy atom. The van der Waals surface area contributed by atoms with E-state index in [2.05, 4.69) is 20.1 Å². The van der Waals surface area contributed by atoms with Gasteiger partial charge in [0.05, 0.1) is 5.56 Å². The molecule has 0 radical (unpaired) electrons. The highest BCUT2D eigenvalue weighted by Gasteiger charge is 2.38. The molecule has 3 heterocycles. The van der Waals surface area contributed by atoms with Crippen LogP contribution in [0.5, 0.6) is 5.75 Å². The predicted octanol–water partition coefficient (Wildman–Crippen LogP) is 4.90. The molecule has 0 saturated carbocycles. The van der Waals surface area contributed by atoms with Gasteiger partial charge in [0.2, 0.25) is 5.82 Å². The number of benzene rings is 1. The third-order valence-electron chi connectivity index (χ3n) is 4.24. The zero-order valence-corrected chi connectivity index (χ0v) is 16.1. The van der Waals surface area contributed by atoms with Gasteiger partial charge in [0.15, 0.2) is 6.10 Å². The number of alkyl halides is 3. The van der Waals surface area contributed by atoms with E-state index in [1.54, 1.807) is 18.5 Å². The molecule has 0 aliphatic heterocycles. The average Bonchev–Trinajstić information content (AvgIpc) is 3.36. The van der Waals surface area contributed by atoms with Crippen LogP contribution >= 0.6 is 12.4 Å². The zero-order valence-electron chi connectivity index (χ0n) is 15.3. The fourth-order valence-corrected chi connectivity index (χ4v) is 2.72. The average molecular weight is 436 g/mol. The van der Waals surface area contributed by atoms with Crippen molar-refractivity contribution in [3.8, 4) is 34.7 Å². The molecule has 1 atom stereocenters. The summed E-state index contributed by atoms with van der Waals surface area (Å²) in [5, 5.41) is 14.1. The molecule has 0 aliphatic rings. The molecule has 4 aromatic rings. The Hall–Kier alpha value is -3.58. The minimum atomic E-state index is -4.54. The molecule has 1 N–H and O–H groups in total. The Morgan fingerprint density at radius 3 is 2.77 bits per heavy atom. The second-order valence-electron chi connectivity index (χ2n) is 6.15. The third kappa shape index (κ3) is 3.92. The first-order valence-corrected chi connectivity index (χ1v) is 8.41. The van der Waals surface area contributed by atoms with Gasteiger partial charge in [-0.3, -0.25) is 0 Å². The normalized spacial score (nSPS) is 12.2. The fourth-order valence-electron chi connectivity index (χ4n) is 2.72. The maximum absolute atomic E-state index is 12.7. The van der Waals surface area contributed by atoms with Gasteiger partial charge < -0.3 is 14.2 Å². The number of nitrogens with zero attached hydrogens (tertiary/aromatic N) is 4. The van der Waals surface area contributed by atoms with Crippen molar-refractivity contribution in [1.29, 1.82) is 5.26 Å². The SMILES string of the molecule is CC(Oc1ccc(-c2nc(-c3ccnc4[nH]ccc34)no2)cc1C#N)C(F)(F)F.Cl. The van der Waals surface area contributed by atoms with Crippen LogP contribution in [0.3, 0.4) is 0 Å². The molecule has 4 rings (SSSR count). The van der Waals surface area contributed by atoms with E-state index < -0.39 is 12.3 Å². The number of hydrogen-bond donors (Lipinski definition) is 1. The second kappa shape index (κ2) is 8.04. The van der Waals surface area contributed by atoms with Crippen LogP contribution in [0.4, 0.5) is 13.2 Å². The lowest BCUT2D eigenvalue weighted by atomic mass is 10.1. The molecule has 0 spiro atoms. The van der Waals surface area contributed by atoms with Gasteiger partial charge in [0, 0.05) is 28.9 Å². The van der Waals surface area contributed by atoms with E-state index in [1.807, 2.05) is 12.1 Å². The number of fused-ring (bicyclic) bond motifs is 1. The van der Waals surface area contributed by atoms with Crippen LogP contribution in [0.15, 0.2) is 47.2 Å². The van der Waals surface area contributed by atoms with Crippen molar-refractivity contribution in [3.63, 3.8) is 0 Å². The first-order valence-electron chi connectivity index (χ1n) is 8.41. The van der Waals surface area contributed by atoms with Crippen LogP contribution in [-0.2, 0) is 0 Å². The standard InChI is InChI=1S/C19H12F3N5O2.ClH/c1-10(19(20,21)22)28-15-3-2-11(8-12(15)9-23)18-26-17(27-29-18)14-5-7-25-16-13(14)4-6-24-16;/h2-8,10H,1H3,(H,24,25);1H. The number of H-pyrrole nitrogens is 1. The summed E-state index contributed by atoms with van der Waals surface area (Å²) in [7, 11) is 0. The van der Waals surface area contributed by atoms with Gasteiger partial charge in [-0.15, -0.1) is 12.4 Å². The minimum absolute atomic E-state index is 0. The summed E-state index contributed by atoms with van der Waals surface area (Å²) in [5.41, 5.74) is 1.67. The molecule has 11 heteroatoms. The fraction of sp³-hybridized carbons (Fsp3) is 0.158. The zero-order chi connectivity index (χ0) is 20.6. The Bertz CT molecular complexity index is 1230. The van der Waals surface area contributed by atoms with Gasteiger partial charge in [-0.25, -0.2) is 4.98 Å². The van der Waals surface area contributed by atoms with Crippen molar-refractivity contribution in [1.82, 2.24) is 20.1 Å². The first-order chi connectivity index (χ1) is 13.9. The molecule has 0 saturated heterocycles. The smallest absolute Gasteiger partial charge is 0.425 e. The highest BCUT2D eigenvalue weighted by molar-refractivity contribution is 5.90. The van der Waals surface area contributed by atoms with Crippen LogP contribution in [0.2, 0.25) is 0 Å². The van der Waals surface area contributed by atoms with Crippen molar-refractivity contribution < 1.29 is 22.4 Å². The van der Waals surface area contributed by atoms with Crippen LogP contribution in [0.25, 0.3) is 33.9 Å². The lowest BCUT2D eigenvalue weighted by molar-refractivity contribution is -0.189. The summed E-state index contributed by atoms with van der Waals surface area (Å²) < 4.78 is 48.3. The van der Waals surface area contributed by atoms with Crippen molar-refractivity contribution in [2.75, 3.05) is 0 Å². The third-order valence-corrected chi connectivity index (χ3v) is 4.24. The van der Waals surface area contributed by atoms with E-state index in [1.165, 1.54) is 18.2 Å². The molecule has 3 aromatic heterocycles. The van der Waals surface area contributed by atoms with E-state index in [0.29, 0.717) is 22.6 Å². The van der Waals surface area contributed by atoms with Crippen molar-refractivity contribution in [3.05, 3.63) is 48.3 Å². The molecule has 0 fully saturated rings. The highest BCUT2D eigenvalue weighted by Crippen LogP contribution is 2.31. The van der Waals surface area contributed by atoms with Crippen LogP contribution in [-0.4, -0.2) is 32.4 Å². The monoisotopic (exact) mass is 435 g/mol. The first kappa shape index (κ1) is 21.1. The summed E-state index contributed by atoms with van der Waals surface area (Å²) in [6.45, 7) is 0.871. The van der Waals surface area contributed by atoms with Gasteiger partial charge in [0.25, 0.3) is 5.89 Å². The van der Waals surface area contributed by atoms with Crippen LogP contribution in [0.1, 0.15) is 12.5 Å². The number of ether oxygens (including phenoxy) is 1. The van der Waals surface area contributed by atoms with Gasteiger partial charge in [-0.1, -0.05) is 5.16 Å². The quantitative estimate of drug-likeness (QED) is 0.489. The minimum Gasteiger partial charge on any atom is -0.480 e. The molecular formula is C19H13ClF3N5O2. The summed E-state index contributed by atoms with van der Waals surface area (Å²) in [5.74, 6) is 0.257. The van der Waals surface area contributed by atoms with Gasteiger partial charge in [-0.05, 0) is 37.3 Å². The number of aromatic nitrogens is 4. The molecule has 0 bridgehead atoms. The molecule has 0 aliphatic carbocycles. The number of halogens is 4. The molecule has 0 amide bonds. The van der Waals surface area contributed by atoms with Gasteiger partial charge in [0.1, 0.15) is 17.5 Å². The number of aromatic amines is 1. The van der Waals surface area contributed by atoms with E-state index in [4.69, 9.17) is 9.26 Å². The Labute approximate surface area is 173 Å². The number of nitriles is 1. The highest BCUT2D eigenvalue weighted by atomic mass is 35.5. The Kier molecular flexibility index (Phi) is 5.67. The molecule has 1 unspecified atom stereocenters. The van der Waals surface area contributed by atoms with E-state index in [-0.39, 0.29) is 29.6 Å². The van der Waals surface area contributed by atoms with Crippen molar-refractivity contribution in [2.45, 2.75) is 19.2 Å². The number of rotatable bonds is 4. The van der Waals surface area contributed by atoms with Crippen molar-refractivity contribution in [2.24, 2.45) is 0 Å². The maximum Gasteiger partial charge on any atom is 0.425 e. The van der Waals surface area contributed by atoms with Crippen LogP contribution < -0.4 is 4.74 Å². The van der Waals surface area contributed by atoms with E-state index in [0.717, 1.165) is 12.3 Å². The Balaban J connectivity index is 0.00000256. The van der Waals surface area contributed by atoms with Crippen molar-refractivity contribution >= 4 is 23.4 Å². The second-order valence-corrected chi connectivity index (χ2v) is 6.15. The summed E-state index contributed by atoms with van der Waals surface area (Å²) in [6, 6.07) is 9.46. The number of pyridine rings is 1. The summed E-state index contributed by atoms with van der Waals surface area (Å²) in [6.07, 6.45) is -3.25. The summed E-state index contributed by atoms with van der Waals surface area (Å²) in [4.78, 5) is 11.5. The molecule has 154 valence electrons. The molecular weight excluding hydrogens is 423 g/mol. The maximum atomic E-state index is 12.7. The Morgan fingerprint density at radius 1 is 1.23 bits per heavy atom. The van der Waals surface area contributed by atoms with Gasteiger partial charge in [-0.2, -0.15) is 23.4 Å². The van der Waals surface area contributed by atoms with E-state index in [9.17, 15) is 18.4 Å². The number of nitrogens with one attached hydrogen (secondary N) is 1. The molecule has 7 nitrogen and oxygen atoms in total. The van der Waals surface area contributed by atoms with Gasteiger partial charge >= 0.3 is 6.18 Å². The topological polar surface area (TPSA) is 101 Å². The predicted molar refractivity (Wildman–Crippen MR) is 103 cm³/mol. The molecule has 1 aromatic carbocycles. The summed E-state index contributed by atoms with van der Waals surface area (Å²) >= 11 is 0. The lowest BCUT2D eigenvalue weighted by Gasteiger charge is -2.18. The molecule has 30 heavy (non-hydrogen) atoms. The lowest BCUT2D eigenvalue weighted by Crippen LogP contribution is -2.31. The van der Waals surface area contributed by atoms with E-state index >= 15 is 0 Å². The largest absolute Gasteiger partial charge is 0.480 e. The van der Waals surface area contributed by atoms with Crippen LogP contribution in [0, 0.1) is 11.3 Å². The number of hydrogen-bond acceptors (Lipinski definition) is 6.